The number of rotatable bonds is 6. The third kappa shape index (κ3) is 2.78. The molecule has 1 N–H and O–H groups in total. The lowest BCUT2D eigenvalue weighted by molar-refractivity contribution is 0.305. The molecule has 3 heteroatoms. The van der Waals surface area contributed by atoms with Gasteiger partial charge in [0.1, 0.15) is 5.76 Å². The van der Waals surface area contributed by atoms with Crippen molar-refractivity contribution in [2.45, 2.75) is 44.7 Å². The Kier molecular flexibility index (Phi) is 3.71. The highest BCUT2D eigenvalue weighted by atomic mass is 16.3. The molecule has 3 rings (SSSR count). The first kappa shape index (κ1) is 12.2. The maximum absolute atomic E-state index is 5.50. The second kappa shape index (κ2) is 5.45. The van der Waals surface area contributed by atoms with Crippen LogP contribution in [0.5, 0.6) is 0 Å². The van der Waals surface area contributed by atoms with Gasteiger partial charge >= 0.3 is 0 Å². The molecule has 1 saturated heterocycles. The second-order valence-electron chi connectivity index (χ2n) is 5.77. The summed E-state index contributed by atoms with van der Waals surface area (Å²) in [7, 11) is 0. The third-order valence-electron chi connectivity index (χ3n) is 4.33. The molecular formula is C15H24N2O. The highest BCUT2D eigenvalue weighted by molar-refractivity contribution is 5.04. The van der Waals surface area contributed by atoms with E-state index >= 15 is 0 Å². The quantitative estimate of drug-likeness (QED) is 0.839. The van der Waals surface area contributed by atoms with Gasteiger partial charge in [-0.2, -0.15) is 0 Å². The number of likely N-dealkylation sites (tertiary alicyclic amines) is 1. The SMILES string of the molecule is CCC(NCC1CCN(C2CC2)C1)c1ccco1. The molecule has 0 amide bonds. The summed E-state index contributed by atoms with van der Waals surface area (Å²) in [5, 5.41) is 3.67. The average Bonchev–Trinajstić information content (AvgIpc) is 2.93. The van der Waals surface area contributed by atoms with Crippen molar-refractivity contribution in [3.8, 4) is 0 Å². The van der Waals surface area contributed by atoms with E-state index in [1.165, 1.54) is 32.4 Å². The maximum Gasteiger partial charge on any atom is 0.120 e. The fourth-order valence-electron chi connectivity index (χ4n) is 3.05. The lowest BCUT2D eigenvalue weighted by atomic mass is 10.1. The molecule has 0 aromatic carbocycles. The van der Waals surface area contributed by atoms with Gasteiger partial charge in [0.25, 0.3) is 0 Å². The molecular weight excluding hydrogens is 224 g/mol. The zero-order valence-electron chi connectivity index (χ0n) is 11.3. The Labute approximate surface area is 110 Å². The van der Waals surface area contributed by atoms with Gasteiger partial charge in [0, 0.05) is 12.6 Å². The van der Waals surface area contributed by atoms with Gasteiger partial charge in [0.15, 0.2) is 0 Å². The predicted octanol–water partition coefficient (Wildman–Crippen LogP) is 2.80. The van der Waals surface area contributed by atoms with Crippen LogP contribution in [0, 0.1) is 5.92 Å². The van der Waals surface area contributed by atoms with Crippen molar-refractivity contribution >= 4 is 0 Å². The van der Waals surface area contributed by atoms with Crippen molar-refractivity contribution < 1.29 is 4.42 Å². The summed E-state index contributed by atoms with van der Waals surface area (Å²) in [4.78, 5) is 2.68. The van der Waals surface area contributed by atoms with Crippen molar-refractivity contribution in [1.29, 1.82) is 0 Å². The van der Waals surface area contributed by atoms with E-state index in [-0.39, 0.29) is 0 Å². The molecule has 2 unspecified atom stereocenters. The first-order valence-electron chi connectivity index (χ1n) is 7.37. The molecule has 18 heavy (non-hydrogen) atoms. The molecule has 2 aliphatic rings. The Balaban J connectivity index is 1.45. The van der Waals surface area contributed by atoms with Crippen molar-refractivity contribution in [2.24, 2.45) is 5.92 Å². The van der Waals surface area contributed by atoms with Crippen LogP contribution < -0.4 is 5.32 Å². The Hall–Kier alpha value is -0.800. The fraction of sp³-hybridized carbons (Fsp3) is 0.733. The summed E-state index contributed by atoms with van der Waals surface area (Å²) in [5.41, 5.74) is 0. The number of nitrogens with one attached hydrogen (secondary N) is 1. The van der Waals surface area contributed by atoms with Crippen LogP contribution in [-0.2, 0) is 0 Å². The molecule has 3 nitrogen and oxygen atoms in total. The molecule has 1 saturated carbocycles. The van der Waals surface area contributed by atoms with Crippen LogP contribution >= 0.6 is 0 Å². The van der Waals surface area contributed by atoms with Gasteiger partial charge in [-0.1, -0.05) is 6.92 Å². The predicted molar refractivity (Wildman–Crippen MR) is 72.4 cm³/mol. The lowest BCUT2D eigenvalue weighted by Crippen LogP contribution is -2.29. The minimum atomic E-state index is 0.384. The van der Waals surface area contributed by atoms with Gasteiger partial charge in [0.05, 0.1) is 12.3 Å². The molecule has 2 atom stereocenters. The maximum atomic E-state index is 5.50. The molecule has 0 bridgehead atoms. The van der Waals surface area contributed by atoms with Gasteiger partial charge in [-0.15, -0.1) is 0 Å². The standard InChI is InChI=1S/C15H24N2O/c1-2-14(15-4-3-9-18-15)16-10-12-7-8-17(11-12)13-5-6-13/h3-4,9,12-14,16H,2,5-8,10-11H2,1H3. The van der Waals surface area contributed by atoms with Crippen LogP contribution in [0.25, 0.3) is 0 Å². The van der Waals surface area contributed by atoms with E-state index in [4.69, 9.17) is 4.42 Å². The molecule has 0 spiro atoms. The molecule has 1 aromatic heterocycles. The molecule has 1 aliphatic carbocycles. The first-order chi connectivity index (χ1) is 8.86. The van der Waals surface area contributed by atoms with Crippen LogP contribution in [0.15, 0.2) is 22.8 Å². The highest BCUT2D eigenvalue weighted by Crippen LogP contribution is 2.31. The molecule has 1 aromatic rings. The zero-order valence-corrected chi connectivity index (χ0v) is 11.3. The summed E-state index contributed by atoms with van der Waals surface area (Å²) < 4.78 is 5.50. The van der Waals surface area contributed by atoms with E-state index < -0.39 is 0 Å². The summed E-state index contributed by atoms with van der Waals surface area (Å²) in [6, 6.07) is 5.37. The Bertz CT molecular complexity index is 359. The van der Waals surface area contributed by atoms with Crippen LogP contribution in [-0.4, -0.2) is 30.6 Å². The minimum absolute atomic E-state index is 0.384. The van der Waals surface area contributed by atoms with Gasteiger partial charge in [-0.05, 0) is 56.8 Å². The summed E-state index contributed by atoms with van der Waals surface area (Å²) in [6.07, 6.45) is 7.09. The summed E-state index contributed by atoms with van der Waals surface area (Å²) in [5.74, 6) is 1.91. The monoisotopic (exact) mass is 248 g/mol. The second-order valence-corrected chi connectivity index (χ2v) is 5.77. The van der Waals surface area contributed by atoms with E-state index in [1.54, 1.807) is 6.26 Å². The van der Waals surface area contributed by atoms with Crippen LogP contribution in [0.2, 0.25) is 0 Å². The molecule has 2 heterocycles. The normalized spacial score (nSPS) is 26.6. The topological polar surface area (TPSA) is 28.4 Å². The Morgan fingerprint density at radius 2 is 2.33 bits per heavy atom. The lowest BCUT2D eigenvalue weighted by Gasteiger charge is -2.19. The van der Waals surface area contributed by atoms with Crippen molar-refractivity contribution in [3.63, 3.8) is 0 Å². The van der Waals surface area contributed by atoms with Crippen LogP contribution in [0.3, 0.4) is 0 Å². The molecule has 2 fully saturated rings. The molecule has 1 aliphatic heterocycles. The van der Waals surface area contributed by atoms with E-state index in [2.05, 4.69) is 23.2 Å². The highest BCUT2D eigenvalue weighted by Gasteiger charge is 2.34. The summed E-state index contributed by atoms with van der Waals surface area (Å²) in [6.45, 7) is 5.95. The molecule has 100 valence electrons. The van der Waals surface area contributed by atoms with E-state index in [9.17, 15) is 0 Å². The third-order valence-corrected chi connectivity index (χ3v) is 4.33. The molecule has 0 radical (unpaired) electrons. The number of hydrogen-bond acceptors (Lipinski definition) is 3. The smallest absolute Gasteiger partial charge is 0.120 e. The van der Waals surface area contributed by atoms with E-state index in [1.807, 2.05) is 6.07 Å². The summed E-state index contributed by atoms with van der Waals surface area (Å²) >= 11 is 0. The van der Waals surface area contributed by atoms with Gasteiger partial charge in [0.2, 0.25) is 0 Å². The van der Waals surface area contributed by atoms with Crippen molar-refractivity contribution in [3.05, 3.63) is 24.2 Å². The zero-order chi connectivity index (χ0) is 12.4. The van der Waals surface area contributed by atoms with Gasteiger partial charge in [-0.3, -0.25) is 0 Å². The van der Waals surface area contributed by atoms with Crippen molar-refractivity contribution in [1.82, 2.24) is 10.2 Å². The fourth-order valence-corrected chi connectivity index (χ4v) is 3.05. The number of furan rings is 1. The number of hydrogen-bond donors (Lipinski definition) is 1. The van der Waals surface area contributed by atoms with Crippen molar-refractivity contribution in [2.75, 3.05) is 19.6 Å². The largest absolute Gasteiger partial charge is 0.468 e. The number of nitrogens with zero attached hydrogens (tertiary/aromatic N) is 1. The van der Waals surface area contributed by atoms with Crippen LogP contribution in [0.1, 0.15) is 44.4 Å². The van der Waals surface area contributed by atoms with Gasteiger partial charge < -0.3 is 14.6 Å². The van der Waals surface area contributed by atoms with Crippen LogP contribution in [0.4, 0.5) is 0 Å². The van der Waals surface area contributed by atoms with E-state index in [0.717, 1.165) is 30.7 Å². The average molecular weight is 248 g/mol. The minimum Gasteiger partial charge on any atom is -0.468 e. The van der Waals surface area contributed by atoms with Gasteiger partial charge in [-0.25, -0.2) is 0 Å². The Morgan fingerprint density at radius 3 is 3.00 bits per heavy atom. The first-order valence-corrected chi connectivity index (χ1v) is 7.37. The Morgan fingerprint density at radius 1 is 1.44 bits per heavy atom. The van der Waals surface area contributed by atoms with E-state index in [0.29, 0.717) is 6.04 Å².